The van der Waals surface area contributed by atoms with Crippen molar-refractivity contribution >= 4 is 27.5 Å². The fraction of sp³-hybridized carbons (Fsp3) is 0.333. The molecule has 0 heterocycles. The van der Waals surface area contributed by atoms with Gasteiger partial charge in [-0.3, -0.25) is 13.9 Å². The minimum atomic E-state index is -4.13. The Balaban J connectivity index is 2.01. The molecule has 9 heteroatoms. The molecule has 208 valence electrons. The Labute approximate surface area is 231 Å². The first-order valence-corrected chi connectivity index (χ1v) is 14.6. The van der Waals surface area contributed by atoms with E-state index in [1.165, 1.54) is 17.0 Å². The van der Waals surface area contributed by atoms with E-state index >= 15 is 0 Å². The summed E-state index contributed by atoms with van der Waals surface area (Å²) in [6.07, 6.45) is 0.369. The molecule has 39 heavy (non-hydrogen) atoms. The average Bonchev–Trinajstić information content (AvgIpc) is 2.92. The number of para-hydroxylation sites is 1. The topological polar surface area (TPSA) is 96.0 Å². The Morgan fingerprint density at radius 1 is 0.872 bits per heavy atom. The summed E-state index contributed by atoms with van der Waals surface area (Å²) in [5, 5.41) is 2.90. The minimum absolute atomic E-state index is 0.0295. The Morgan fingerprint density at radius 3 is 2.00 bits per heavy atom. The molecule has 2 amide bonds. The number of amides is 2. The summed E-state index contributed by atoms with van der Waals surface area (Å²) in [7, 11) is -4.13. The van der Waals surface area contributed by atoms with Crippen LogP contribution < -0.4 is 14.4 Å². The fourth-order valence-electron chi connectivity index (χ4n) is 4.21. The third-order valence-corrected chi connectivity index (χ3v) is 7.85. The first kappa shape index (κ1) is 29.7. The van der Waals surface area contributed by atoms with Crippen molar-refractivity contribution < 1.29 is 22.7 Å². The molecule has 1 atom stereocenters. The van der Waals surface area contributed by atoms with Crippen LogP contribution in [0.15, 0.2) is 89.8 Å². The number of nitrogens with zero attached hydrogens (tertiary/aromatic N) is 2. The monoisotopic (exact) mass is 551 g/mol. The highest BCUT2D eigenvalue weighted by Gasteiger charge is 2.33. The molecule has 3 rings (SSSR count). The standard InChI is InChI=1S/C30H37N3O5S/c1-5-28(30(35)31-23(3)4)32(21-24-13-9-7-10-14-24)29(34)22-33(25-15-11-8-12-16-25)39(36,37)27-19-17-26(18-20-27)38-6-2/h7-20,23,28H,5-6,21-22H2,1-4H3,(H,31,35)/t28-/m1/s1. The predicted octanol–water partition coefficient (Wildman–Crippen LogP) is 4.61. The van der Waals surface area contributed by atoms with Gasteiger partial charge >= 0.3 is 0 Å². The second kappa shape index (κ2) is 13.8. The van der Waals surface area contributed by atoms with Gasteiger partial charge in [-0.05, 0) is 69.2 Å². The van der Waals surface area contributed by atoms with E-state index in [0.717, 1.165) is 9.87 Å². The fourth-order valence-corrected chi connectivity index (χ4v) is 5.62. The second-order valence-electron chi connectivity index (χ2n) is 9.35. The number of hydrogen-bond donors (Lipinski definition) is 1. The van der Waals surface area contributed by atoms with Crippen molar-refractivity contribution in [1.29, 1.82) is 0 Å². The van der Waals surface area contributed by atoms with Crippen LogP contribution in [0, 0.1) is 0 Å². The number of carbonyl (C=O) groups excluding carboxylic acids is 2. The Kier molecular flexibility index (Phi) is 10.5. The molecule has 3 aromatic rings. The molecule has 8 nitrogen and oxygen atoms in total. The number of benzene rings is 3. The maximum atomic E-state index is 14.0. The molecular formula is C30H37N3O5S. The molecule has 0 radical (unpaired) electrons. The molecule has 0 saturated heterocycles. The van der Waals surface area contributed by atoms with Crippen molar-refractivity contribution in [3.05, 3.63) is 90.5 Å². The van der Waals surface area contributed by atoms with Gasteiger partial charge in [-0.15, -0.1) is 0 Å². The Hall–Kier alpha value is -3.85. The smallest absolute Gasteiger partial charge is 0.264 e. The first-order chi connectivity index (χ1) is 18.7. The van der Waals surface area contributed by atoms with Crippen LogP contribution in [0.1, 0.15) is 39.7 Å². The van der Waals surface area contributed by atoms with Crippen molar-refractivity contribution in [3.8, 4) is 5.75 Å². The second-order valence-corrected chi connectivity index (χ2v) is 11.2. The van der Waals surface area contributed by atoms with E-state index in [9.17, 15) is 18.0 Å². The van der Waals surface area contributed by atoms with Crippen LogP contribution in [0.25, 0.3) is 0 Å². The molecule has 0 aliphatic heterocycles. The molecule has 0 aromatic heterocycles. The van der Waals surface area contributed by atoms with E-state index in [0.29, 0.717) is 24.5 Å². The maximum absolute atomic E-state index is 14.0. The molecule has 0 aliphatic rings. The van der Waals surface area contributed by atoms with Crippen LogP contribution in [0.2, 0.25) is 0 Å². The zero-order valence-corrected chi connectivity index (χ0v) is 23.7. The lowest BCUT2D eigenvalue weighted by Crippen LogP contribution is -2.53. The molecule has 1 N–H and O–H groups in total. The summed E-state index contributed by atoms with van der Waals surface area (Å²) in [6.45, 7) is 7.54. The van der Waals surface area contributed by atoms with E-state index in [-0.39, 0.29) is 23.4 Å². The van der Waals surface area contributed by atoms with Crippen molar-refractivity contribution in [1.82, 2.24) is 10.2 Å². The van der Waals surface area contributed by atoms with E-state index < -0.39 is 28.5 Å². The first-order valence-electron chi connectivity index (χ1n) is 13.1. The highest BCUT2D eigenvalue weighted by atomic mass is 32.2. The summed E-state index contributed by atoms with van der Waals surface area (Å²) in [6, 6.07) is 23.1. The molecule has 0 unspecified atom stereocenters. The quantitative estimate of drug-likeness (QED) is 0.335. The predicted molar refractivity (Wildman–Crippen MR) is 153 cm³/mol. The zero-order chi connectivity index (χ0) is 28.4. The van der Waals surface area contributed by atoms with Crippen LogP contribution in [0.3, 0.4) is 0 Å². The van der Waals surface area contributed by atoms with Crippen molar-refractivity contribution in [2.24, 2.45) is 0 Å². The summed E-state index contributed by atoms with van der Waals surface area (Å²) < 4.78 is 34.3. The number of ether oxygens (including phenoxy) is 1. The summed E-state index contributed by atoms with van der Waals surface area (Å²) in [4.78, 5) is 28.6. The average molecular weight is 552 g/mol. The normalized spacial score (nSPS) is 12.0. The minimum Gasteiger partial charge on any atom is -0.494 e. The molecular weight excluding hydrogens is 514 g/mol. The van der Waals surface area contributed by atoms with Gasteiger partial charge < -0.3 is 15.0 Å². The van der Waals surface area contributed by atoms with Gasteiger partial charge in [-0.2, -0.15) is 0 Å². The van der Waals surface area contributed by atoms with Crippen LogP contribution in [0.5, 0.6) is 5.75 Å². The largest absolute Gasteiger partial charge is 0.494 e. The highest BCUT2D eigenvalue weighted by molar-refractivity contribution is 7.92. The number of nitrogens with one attached hydrogen (secondary N) is 1. The molecule has 0 bridgehead atoms. The molecule has 0 spiro atoms. The van der Waals surface area contributed by atoms with Gasteiger partial charge in [0.05, 0.1) is 17.2 Å². The van der Waals surface area contributed by atoms with Crippen LogP contribution in [-0.2, 0) is 26.2 Å². The molecule has 0 saturated carbocycles. The van der Waals surface area contributed by atoms with E-state index in [1.54, 1.807) is 42.5 Å². The third kappa shape index (κ3) is 7.83. The highest BCUT2D eigenvalue weighted by Crippen LogP contribution is 2.26. The van der Waals surface area contributed by atoms with Crippen molar-refractivity contribution in [2.75, 3.05) is 17.5 Å². The number of rotatable bonds is 13. The van der Waals surface area contributed by atoms with E-state index in [2.05, 4.69) is 5.32 Å². The van der Waals surface area contributed by atoms with Crippen LogP contribution in [-0.4, -0.2) is 50.4 Å². The van der Waals surface area contributed by atoms with Gasteiger partial charge in [0.2, 0.25) is 11.8 Å². The van der Waals surface area contributed by atoms with E-state index in [1.807, 2.05) is 58.0 Å². The Bertz CT molecular complexity index is 1310. The van der Waals surface area contributed by atoms with Crippen molar-refractivity contribution in [3.63, 3.8) is 0 Å². The SMILES string of the molecule is CCOc1ccc(S(=O)(=O)N(CC(=O)N(Cc2ccccc2)[C@H](CC)C(=O)NC(C)C)c2ccccc2)cc1. The number of carbonyl (C=O) groups is 2. The van der Waals surface area contributed by atoms with Crippen molar-refractivity contribution in [2.45, 2.75) is 57.6 Å². The van der Waals surface area contributed by atoms with Crippen LogP contribution >= 0.6 is 0 Å². The van der Waals surface area contributed by atoms with Crippen LogP contribution in [0.4, 0.5) is 5.69 Å². The molecule has 3 aromatic carbocycles. The number of anilines is 1. The third-order valence-electron chi connectivity index (χ3n) is 6.06. The maximum Gasteiger partial charge on any atom is 0.264 e. The van der Waals surface area contributed by atoms with Gasteiger partial charge in [0.1, 0.15) is 18.3 Å². The molecule has 0 fully saturated rings. The van der Waals surface area contributed by atoms with E-state index in [4.69, 9.17) is 4.74 Å². The van der Waals surface area contributed by atoms with Gasteiger partial charge in [0.25, 0.3) is 10.0 Å². The summed E-state index contributed by atoms with van der Waals surface area (Å²) in [5.41, 5.74) is 1.18. The van der Waals surface area contributed by atoms with Gasteiger partial charge in [0.15, 0.2) is 0 Å². The lowest BCUT2D eigenvalue weighted by molar-refractivity contribution is -0.140. The lowest BCUT2D eigenvalue weighted by Gasteiger charge is -2.33. The number of hydrogen-bond acceptors (Lipinski definition) is 5. The Morgan fingerprint density at radius 2 is 1.46 bits per heavy atom. The van der Waals surface area contributed by atoms with Gasteiger partial charge in [0, 0.05) is 12.6 Å². The summed E-state index contributed by atoms with van der Waals surface area (Å²) >= 11 is 0. The zero-order valence-electron chi connectivity index (χ0n) is 22.9. The molecule has 0 aliphatic carbocycles. The lowest BCUT2D eigenvalue weighted by atomic mass is 10.1. The number of sulfonamides is 1. The summed E-state index contributed by atoms with van der Waals surface area (Å²) in [5.74, 6) is -0.213. The van der Waals surface area contributed by atoms with Gasteiger partial charge in [-0.1, -0.05) is 55.5 Å². The van der Waals surface area contributed by atoms with Gasteiger partial charge in [-0.25, -0.2) is 8.42 Å².